The van der Waals surface area contributed by atoms with Crippen LogP contribution in [0.1, 0.15) is 6.42 Å². The first-order chi connectivity index (χ1) is 5.68. The lowest BCUT2D eigenvalue weighted by Crippen LogP contribution is -2.31. The predicted molar refractivity (Wildman–Crippen MR) is 42.0 cm³/mol. The molecule has 0 aromatic heterocycles. The Morgan fingerprint density at radius 3 is 3.00 bits per heavy atom. The molecular weight excluding hydrogens is 164 g/mol. The second-order valence-corrected chi connectivity index (χ2v) is 1.97. The minimum absolute atomic E-state index is 0.193. The molecule has 0 aromatic rings. The number of nitrogens with zero attached hydrogens (tertiary/aromatic N) is 1. The smallest absolute Gasteiger partial charge is 0.320 e. The van der Waals surface area contributed by atoms with Gasteiger partial charge in [0.2, 0.25) is 0 Å². The van der Waals surface area contributed by atoms with Gasteiger partial charge in [0.1, 0.15) is 6.04 Å². The number of ether oxygens (including phenoxy) is 1. The van der Waals surface area contributed by atoms with Gasteiger partial charge in [-0.2, -0.15) is 0 Å². The van der Waals surface area contributed by atoms with Gasteiger partial charge in [-0.1, -0.05) is 0 Å². The lowest BCUT2D eigenvalue weighted by Gasteiger charge is -2.04. The van der Waals surface area contributed by atoms with Crippen molar-refractivity contribution in [2.75, 3.05) is 6.61 Å². The SMILES string of the molecule is NNN=COCC[C@H](N)C(=O)O. The van der Waals surface area contributed by atoms with E-state index in [1.807, 2.05) is 5.53 Å². The molecule has 0 radical (unpaired) electrons. The van der Waals surface area contributed by atoms with Crippen molar-refractivity contribution in [3.63, 3.8) is 0 Å². The Bertz CT molecular complexity index is 161. The van der Waals surface area contributed by atoms with Crippen LogP contribution in [0, 0.1) is 0 Å². The van der Waals surface area contributed by atoms with E-state index < -0.39 is 12.0 Å². The molecule has 0 amide bonds. The van der Waals surface area contributed by atoms with E-state index in [-0.39, 0.29) is 13.0 Å². The lowest BCUT2D eigenvalue weighted by molar-refractivity contribution is -0.138. The maximum Gasteiger partial charge on any atom is 0.320 e. The molecule has 0 fully saturated rings. The summed E-state index contributed by atoms with van der Waals surface area (Å²) in [7, 11) is 0. The van der Waals surface area contributed by atoms with E-state index in [1.165, 1.54) is 0 Å². The van der Waals surface area contributed by atoms with Gasteiger partial charge in [0.05, 0.1) is 6.61 Å². The fourth-order valence-electron chi connectivity index (χ4n) is 0.439. The molecule has 0 saturated carbocycles. The molecule has 6 N–H and O–H groups in total. The first-order valence-electron chi connectivity index (χ1n) is 3.25. The molecule has 0 aliphatic carbocycles. The van der Waals surface area contributed by atoms with Crippen LogP contribution in [-0.4, -0.2) is 30.1 Å². The van der Waals surface area contributed by atoms with Gasteiger partial charge < -0.3 is 15.6 Å². The van der Waals surface area contributed by atoms with E-state index in [9.17, 15) is 4.79 Å². The molecule has 1 atom stereocenters. The van der Waals surface area contributed by atoms with E-state index in [4.69, 9.17) is 21.4 Å². The lowest BCUT2D eigenvalue weighted by atomic mass is 10.2. The van der Waals surface area contributed by atoms with Crippen molar-refractivity contribution < 1.29 is 14.6 Å². The van der Waals surface area contributed by atoms with Crippen LogP contribution < -0.4 is 17.1 Å². The van der Waals surface area contributed by atoms with Crippen LogP contribution in [0.25, 0.3) is 0 Å². The third-order valence-corrected chi connectivity index (χ3v) is 1.07. The number of hydrazine groups is 1. The van der Waals surface area contributed by atoms with Gasteiger partial charge in [-0.15, -0.1) is 5.10 Å². The van der Waals surface area contributed by atoms with Crippen molar-refractivity contribution in [3.8, 4) is 0 Å². The number of carboxylic acid groups (broad SMARTS) is 1. The maximum absolute atomic E-state index is 10.2. The molecule has 0 bridgehead atoms. The average molecular weight is 176 g/mol. The fraction of sp³-hybridized carbons (Fsp3) is 0.600. The van der Waals surface area contributed by atoms with E-state index in [1.54, 1.807) is 0 Å². The summed E-state index contributed by atoms with van der Waals surface area (Å²) in [6.07, 6.45) is 1.31. The number of aliphatic carboxylic acids is 1. The molecule has 0 unspecified atom stereocenters. The van der Waals surface area contributed by atoms with E-state index in [0.29, 0.717) is 0 Å². The van der Waals surface area contributed by atoms with Gasteiger partial charge in [0, 0.05) is 6.42 Å². The zero-order valence-electron chi connectivity index (χ0n) is 6.43. The highest BCUT2D eigenvalue weighted by atomic mass is 16.5. The zero-order valence-corrected chi connectivity index (χ0v) is 6.43. The molecule has 70 valence electrons. The van der Waals surface area contributed by atoms with Crippen LogP contribution >= 0.6 is 0 Å². The van der Waals surface area contributed by atoms with Gasteiger partial charge >= 0.3 is 5.97 Å². The largest absolute Gasteiger partial charge is 0.482 e. The maximum atomic E-state index is 10.2. The Hall–Kier alpha value is -1.34. The summed E-state index contributed by atoms with van der Waals surface area (Å²) in [6, 6.07) is -0.899. The van der Waals surface area contributed by atoms with Crippen molar-refractivity contribution in [3.05, 3.63) is 0 Å². The number of rotatable bonds is 6. The quantitative estimate of drug-likeness (QED) is 0.125. The van der Waals surface area contributed by atoms with E-state index in [2.05, 4.69) is 5.10 Å². The van der Waals surface area contributed by atoms with Crippen molar-refractivity contribution in [1.82, 2.24) is 5.53 Å². The van der Waals surface area contributed by atoms with Gasteiger partial charge in [0.25, 0.3) is 0 Å². The van der Waals surface area contributed by atoms with Crippen LogP contribution in [0.15, 0.2) is 5.10 Å². The van der Waals surface area contributed by atoms with Crippen molar-refractivity contribution in [1.29, 1.82) is 0 Å². The van der Waals surface area contributed by atoms with Crippen LogP contribution in [0.3, 0.4) is 0 Å². The summed E-state index contributed by atoms with van der Waals surface area (Å²) in [5.74, 6) is 3.72. The molecule has 0 heterocycles. The Balaban J connectivity index is 3.31. The van der Waals surface area contributed by atoms with Gasteiger partial charge in [-0.25, -0.2) is 11.4 Å². The predicted octanol–water partition coefficient (Wildman–Crippen LogP) is -1.79. The van der Waals surface area contributed by atoms with Crippen molar-refractivity contribution >= 4 is 12.4 Å². The molecular formula is C5H12N4O3. The number of hydrogen-bond acceptors (Lipinski definition) is 6. The average Bonchev–Trinajstić information content (AvgIpc) is 2.03. The summed E-state index contributed by atoms with van der Waals surface area (Å²) in [4.78, 5) is 10.2. The molecule has 0 rings (SSSR count). The van der Waals surface area contributed by atoms with Gasteiger partial charge in [-0.05, 0) is 0 Å². The Morgan fingerprint density at radius 1 is 1.83 bits per heavy atom. The van der Waals surface area contributed by atoms with Crippen LogP contribution in [0.4, 0.5) is 0 Å². The molecule has 0 aliphatic rings. The van der Waals surface area contributed by atoms with Crippen molar-refractivity contribution in [2.24, 2.45) is 16.7 Å². The monoisotopic (exact) mass is 176 g/mol. The topological polar surface area (TPSA) is 123 Å². The molecule has 0 spiro atoms. The molecule has 0 saturated heterocycles. The highest BCUT2D eigenvalue weighted by Crippen LogP contribution is 1.87. The fourth-order valence-corrected chi connectivity index (χ4v) is 0.439. The summed E-state index contributed by atoms with van der Waals surface area (Å²) in [6.45, 7) is 0.193. The van der Waals surface area contributed by atoms with Gasteiger partial charge in [0.15, 0.2) is 6.40 Å². The first-order valence-corrected chi connectivity index (χ1v) is 3.25. The molecule has 7 heteroatoms. The number of hydrogen-bond donors (Lipinski definition) is 4. The molecule has 0 aliphatic heterocycles. The molecule has 7 nitrogen and oxygen atoms in total. The summed E-state index contributed by atoms with van der Waals surface area (Å²) in [5, 5.41) is 11.6. The molecule has 0 aromatic carbocycles. The third-order valence-electron chi connectivity index (χ3n) is 1.07. The van der Waals surface area contributed by atoms with Crippen LogP contribution in [-0.2, 0) is 9.53 Å². The Morgan fingerprint density at radius 2 is 2.50 bits per heavy atom. The normalized spacial score (nSPS) is 12.8. The Labute approximate surface area is 69.3 Å². The standard InChI is InChI=1S/C5H12N4O3/c6-4(5(10)11)1-2-12-3-8-9-7/h3-4,9H,1-2,6-7H2,(H,10,11)/t4-/m0/s1. The van der Waals surface area contributed by atoms with E-state index >= 15 is 0 Å². The van der Waals surface area contributed by atoms with E-state index in [0.717, 1.165) is 6.40 Å². The van der Waals surface area contributed by atoms with Gasteiger partial charge in [-0.3, -0.25) is 4.79 Å². The van der Waals surface area contributed by atoms with Crippen LogP contribution in [0.2, 0.25) is 0 Å². The summed E-state index contributed by atoms with van der Waals surface area (Å²) in [5.41, 5.74) is 7.14. The number of carbonyl (C=O) groups is 1. The highest BCUT2D eigenvalue weighted by molar-refractivity contribution is 5.72. The number of nitrogens with two attached hydrogens (primary N) is 2. The molecule has 12 heavy (non-hydrogen) atoms. The zero-order chi connectivity index (χ0) is 9.40. The summed E-state index contributed by atoms with van der Waals surface area (Å²) < 4.78 is 4.72. The number of nitrogens with one attached hydrogen (secondary N) is 1. The van der Waals surface area contributed by atoms with Crippen LogP contribution in [0.5, 0.6) is 0 Å². The van der Waals surface area contributed by atoms with Crippen molar-refractivity contribution in [2.45, 2.75) is 12.5 Å². The highest BCUT2D eigenvalue weighted by Gasteiger charge is 2.09. The minimum Gasteiger partial charge on any atom is -0.482 e. The second kappa shape index (κ2) is 6.38. The number of carboxylic acids is 1. The number of hydrazone groups is 1. The third kappa shape index (κ3) is 5.45. The Kier molecular flexibility index (Phi) is 5.66. The summed E-state index contributed by atoms with van der Waals surface area (Å²) >= 11 is 0. The first kappa shape index (κ1) is 10.7. The second-order valence-electron chi connectivity index (χ2n) is 1.97. The minimum atomic E-state index is -1.05.